The molecule has 2 aromatic heterocycles. The summed E-state index contributed by atoms with van der Waals surface area (Å²) in [7, 11) is 1.38. The van der Waals surface area contributed by atoms with Crippen LogP contribution in [0.1, 0.15) is 66.8 Å². The lowest BCUT2D eigenvalue weighted by Crippen LogP contribution is -2.20. The molecule has 2 heterocycles. The van der Waals surface area contributed by atoms with Gasteiger partial charge in [-0.05, 0) is 67.3 Å². The lowest BCUT2D eigenvalue weighted by molar-refractivity contribution is 0.0601. The van der Waals surface area contributed by atoms with Crippen LogP contribution in [0.25, 0.3) is 10.2 Å². The van der Waals surface area contributed by atoms with Gasteiger partial charge in [-0.25, -0.2) is 9.78 Å². The van der Waals surface area contributed by atoms with Gasteiger partial charge in [0.15, 0.2) is 0 Å². The Kier molecular flexibility index (Phi) is 5.52. The number of hydrogen-bond donors (Lipinski definition) is 1. The third-order valence-electron chi connectivity index (χ3n) is 6.46. The summed E-state index contributed by atoms with van der Waals surface area (Å²) >= 11 is 1.28. The normalized spacial score (nSPS) is 17.1. The molecule has 0 saturated heterocycles. The van der Waals surface area contributed by atoms with Gasteiger partial charge in [-0.2, -0.15) is 0 Å². The maximum atomic E-state index is 12.7. The number of aromatic nitrogens is 2. The highest BCUT2D eigenvalue weighted by Gasteiger charge is 2.26. The molecule has 0 bridgehead atoms. The van der Waals surface area contributed by atoms with Crippen LogP contribution in [0.5, 0.6) is 0 Å². The van der Waals surface area contributed by atoms with Crippen LogP contribution in [0.3, 0.4) is 0 Å². The van der Waals surface area contributed by atoms with Crippen LogP contribution in [0.2, 0.25) is 0 Å². The van der Waals surface area contributed by atoms with Crippen LogP contribution >= 0.6 is 11.3 Å². The second-order valence-electron chi connectivity index (χ2n) is 8.72. The van der Waals surface area contributed by atoms with Gasteiger partial charge < -0.3 is 10.1 Å². The van der Waals surface area contributed by atoms with E-state index in [-0.39, 0.29) is 4.87 Å². The molecule has 2 fully saturated rings. The van der Waals surface area contributed by atoms with E-state index in [1.165, 1.54) is 50.6 Å². The van der Waals surface area contributed by atoms with Gasteiger partial charge in [-0.15, -0.1) is 0 Å². The lowest BCUT2D eigenvalue weighted by Gasteiger charge is -2.21. The Hall–Kier alpha value is -2.67. The fraction of sp³-hybridized carbons (Fsp3) is 0.458. The number of pyridine rings is 1. The molecular weight excluding hydrogens is 410 g/mol. The summed E-state index contributed by atoms with van der Waals surface area (Å²) in [4.78, 5) is 29.6. The molecule has 1 aromatic carbocycles. The molecule has 0 spiro atoms. The number of rotatable bonds is 6. The van der Waals surface area contributed by atoms with Crippen LogP contribution in [-0.2, 0) is 11.3 Å². The predicted octanol–water partition coefficient (Wildman–Crippen LogP) is 5.45. The maximum absolute atomic E-state index is 12.7. The molecule has 7 heteroatoms. The zero-order valence-electron chi connectivity index (χ0n) is 17.7. The van der Waals surface area contributed by atoms with Crippen molar-refractivity contribution in [3.05, 3.63) is 51.3 Å². The summed E-state index contributed by atoms with van der Waals surface area (Å²) in [5.74, 6) is 1.17. The highest BCUT2D eigenvalue weighted by atomic mass is 32.1. The molecule has 0 radical (unpaired) electrons. The number of methoxy groups -OCH3 is 1. The van der Waals surface area contributed by atoms with E-state index in [9.17, 15) is 9.59 Å². The van der Waals surface area contributed by atoms with Gasteiger partial charge in [-0.1, -0.05) is 30.6 Å². The Labute approximate surface area is 185 Å². The monoisotopic (exact) mass is 437 g/mol. The number of fused-ring (bicyclic) bond motifs is 1. The van der Waals surface area contributed by atoms with E-state index < -0.39 is 5.97 Å². The summed E-state index contributed by atoms with van der Waals surface area (Å²) in [6.07, 6.45) is 10.4. The predicted molar refractivity (Wildman–Crippen MR) is 123 cm³/mol. The number of hydrogen-bond acceptors (Lipinski definition) is 6. The van der Waals surface area contributed by atoms with Crippen molar-refractivity contribution in [1.82, 2.24) is 9.55 Å². The van der Waals surface area contributed by atoms with Crippen molar-refractivity contribution in [2.24, 2.45) is 5.92 Å². The zero-order chi connectivity index (χ0) is 21.4. The average Bonchev–Trinajstić information content (AvgIpc) is 3.59. The van der Waals surface area contributed by atoms with Crippen molar-refractivity contribution in [2.45, 2.75) is 57.4 Å². The molecule has 1 N–H and O–H groups in total. The molecule has 2 aliphatic carbocycles. The van der Waals surface area contributed by atoms with E-state index in [4.69, 9.17) is 4.74 Å². The van der Waals surface area contributed by atoms with E-state index in [0.29, 0.717) is 23.2 Å². The van der Waals surface area contributed by atoms with E-state index in [2.05, 4.69) is 10.3 Å². The molecule has 0 aliphatic heterocycles. The highest BCUT2D eigenvalue weighted by Crippen LogP contribution is 2.40. The topological polar surface area (TPSA) is 73.2 Å². The molecule has 0 atom stereocenters. The number of benzene rings is 1. The average molecular weight is 438 g/mol. The first-order valence-electron chi connectivity index (χ1n) is 11.1. The van der Waals surface area contributed by atoms with Crippen molar-refractivity contribution in [1.29, 1.82) is 0 Å². The van der Waals surface area contributed by atoms with Gasteiger partial charge >= 0.3 is 10.8 Å². The van der Waals surface area contributed by atoms with E-state index in [1.54, 1.807) is 0 Å². The third kappa shape index (κ3) is 4.24. The number of esters is 1. The molecule has 2 saturated carbocycles. The molecule has 2 aliphatic rings. The van der Waals surface area contributed by atoms with Gasteiger partial charge in [0.05, 0.1) is 17.3 Å². The fourth-order valence-corrected chi connectivity index (χ4v) is 5.51. The Morgan fingerprint density at radius 3 is 2.74 bits per heavy atom. The van der Waals surface area contributed by atoms with Gasteiger partial charge in [-0.3, -0.25) is 9.36 Å². The van der Waals surface area contributed by atoms with Gasteiger partial charge in [0.25, 0.3) is 0 Å². The number of ether oxygens (including phenoxy) is 1. The van der Waals surface area contributed by atoms with Crippen LogP contribution in [0.4, 0.5) is 11.5 Å². The number of carbonyl (C=O) groups excluding carboxylic acids is 1. The van der Waals surface area contributed by atoms with Crippen molar-refractivity contribution < 1.29 is 9.53 Å². The Bertz CT molecular complexity index is 1170. The molecule has 162 valence electrons. The lowest BCUT2D eigenvalue weighted by atomic mass is 9.89. The molecule has 0 unspecified atom stereocenters. The Morgan fingerprint density at radius 2 is 2.00 bits per heavy atom. The number of nitrogens with zero attached hydrogens (tertiary/aromatic N) is 2. The molecule has 5 rings (SSSR count). The third-order valence-corrected chi connectivity index (χ3v) is 7.40. The summed E-state index contributed by atoms with van der Waals surface area (Å²) in [5, 5.41) is 3.26. The molecule has 0 amide bonds. The van der Waals surface area contributed by atoms with Crippen molar-refractivity contribution in [2.75, 3.05) is 12.4 Å². The molecule has 3 aromatic rings. The summed E-state index contributed by atoms with van der Waals surface area (Å²) in [6.45, 7) is 0.808. The second kappa shape index (κ2) is 8.46. The summed E-state index contributed by atoms with van der Waals surface area (Å²) in [6, 6.07) is 7.80. The minimum absolute atomic E-state index is 0.0971. The van der Waals surface area contributed by atoms with Crippen LogP contribution in [0, 0.1) is 5.92 Å². The second-order valence-corrected chi connectivity index (χ2v) is 9.71. The number of nitrogens with one attached hydrogen (secondary N) is 1. The Morgan fingerprint density at radius 1 is 1.19 bits per heavy atom. The van der Waals surface area contributed by atoms with Gasteiger partial charge in [0.1, 0.15) is 11.4 Å². The zero-order valence-corrected chi connectivity index (χ0v) is 18.5. The van der Waals surface area contributed by atoms with Crippen molar-refractivity contribution >= 4 is 39.0 Å². The Balaban J connectivity index is 1.42. The standard InChI is InChI=1S/C24H27N3O3S/c1-30-23(28)19-11-17(16-7-8-16)13-25-22(19)26-18-9-10-20-21(12-18)31-24(29)27(20)14-15-5-3-2-4-6-15/h9-13,15-16H,2-8,14H2,1H3,(H,25,26). The first-order chi connectivity index (χ1) is 15.1. The van der Waals surface area contributed by atoms with Crippen LogP contribution in [0.15, 0.2) is 35.3 Å². The number of thiazole rings is 1. The van der Waals surface area contributed by atoms with E-state index >= 15 is 0 Å². The fourth-order valence-electron chi connectivity index (χ4n) is 4.57. The van der Waals surface area contributed by atoms with Crippen molar-refractivity contribution in [3.8, 4) is 0 Å². The largest absolute Gasteiger partial charge is 0.465 e. The SMILES string of the molecule is COC(=O)c1cc(C2CC2)cnc1Nc1ccc2c(c1)sc(=O)n2CC1CCCCC1. The molecular formula is C24H27N3O3S. The minimum atomic E-state index is -0.401. The molecule has 6 nitrogen and oxygen atoms in total. The van der Waals surface area contributed by atoms with E-state index in [0.717, 1.165) is 40.9 Å². The first-order valence-corrected chi connectivity index (χ1v) is 11.9. The van der Waals surface area contributed by atoms with Crippen molar-refractivity contribution in [3.63, 3.8) is 0 Å². The smallest absolute Gasteiger partial charge is 0.341 e. The first kappa shape index (κ1) is 20.2. The van der Waals surface area contributed by atoms with Crippen LogP contribution < -0.4 is 10.2 Å². The summed E-state index contributed by atoms with van der Waals surface area (Å²) < 4.78 is 7.85. The van der Waals surface area contributed by atoms with Gasteiger partial charge in [0.2, 0.25) is 0 Å². The maximum Gasteiger partial charge on any atom is 0.341 e. The molecule has 31 heavy (non-hydrogen) atoms. The number of carbonyl (C=O) groups is 1. The highest BCUT2D eigenvalue weighted by molar-refractivity contribution is 7.16. The number of anilines is 2. The van der Waals surface area contributed by atoms with E-state index in [1.807, 2.05) is 35.0 Å². The quantitative estimate of drug-likeness (QED) is 0.520. The minimum Gasteiger partial charge on any atom is -0.465 e. The van der Waals surface area contributed by atoms with Crippen LogP contribution in [-0.4, -0.2) is 22.6 Å². The van der Waals surface area contributed by atoms with Gasteiger partial charge in [0, 0.05) is 18.4 Å². The summed E-state index contributed by atoms with van der Waals surface area (Å²) in [5.41, 5.74) is 3.31.